The van der Waals surface area contributed by atoms with Crippen LogP contribution in [0.5, 0.6) is 0 Å². The third-order valence-corrected chi connectivity index (χ3v) is 7.23. The molecule has 0 amide bonds. The van der Waals surface area contributed by atoms with Crippen molar-refractivity contribution >= 4 is 17.4 Å². The highest BCUT2D eigenvalue weighted by Crippen LogP contribution is 2.24. The van der Waals surface area contributed by atoms with E-state index in [2.05, 4.69) is 10.2 Å². The van der Waals surface area contributed by atoms with Gasteiger partial charge in [0, 0.05) is 37.4 Å². The number of ketones is 1. The molecule has 4 rings (SSSR count). The molecule has 1 heterocycles. The summed E-state index contributed by atoms with van der Waals surface area (Å²) in [5.41, 5.74) is 8.89. The van der Waals surface area contributed by atoms with Crippen LogP contribution in [0.1, 0.15) is 71.7 Å². The molecule has 182 valence electrons. The second-order valence-corrected chi connectivity index (χ2v) is 9.66. The van der Waals surface area contributed by atoms with Crippen LogP contribution < -0.4 is 16.0 Å². The summed E-state index contributed by atoms with van der Waals surface area (Å²) in [6, 6.07) is 15.1. The molecular weight excluding hydrogens is 426 g/mol. The normalized spacial score (nSPS) is 18.8. The van der Waals surface area contributed by atoms with Gasteiger partial charge in [-0.05, 0) is 80.5 Å². The molecule has 6 heteroatoms. The Bertz CT molecular complexity index is 961. The van der Waals surface area contributed by atoms with Crippen LogP contribution in [-0.4, -0.2) is 49.6 Å². The van der Waals surface area contributed by atoms with Gasteiger partial charge in [-0.1, -0.05) is 25.5 Å². The van der Waals surface area contributed by atoms with Gasteiger partial charge in [0.1, 0.15) is 6.10 Å². The minimum atomic E-state index is -0.999. The van der Waals surface area contributed by atoms with Gasteiger partial charge in [0.05, 0.1) is 11.1 Å². The molecule has 1 atom stereocenters. The monoisotopic (exact) mass is 463 g/mol. The summed E-state index contributed by atoms with van der Waals surface area (Å²) in [5.74, 6) is -0.323. The molecule has 0 bridgehead atoms. The van der Waals surface area contributed by atoms with Gasteiger partial charge in [-0.3, -0.25) is 4.79 Å². The number of Topliss-reactive ketones (excluding diaryl/α,β-unsaturated/α-hetero) is 1. The second-order valence-electron chi connectivity index (χ2n) is 9.66. The maximum absolute atomic E-state index is 13.4. The molecule has 1 aliphatic carbocycles. The number of rotatable bonds is 8. The fraction of sp³-hybridized carbons (Fsp3) is 0.500. The fourth-order valence-corrected chi connectivity index (χ4v) is 4.93. The smallest absolute Gasteiger partial charge is 0.338 e. The van der Waals surface area contributed by atoms with E-state index in [1.807, 2.05) is 43.3 Å². The first kappa shape index (κ1) is 24.4. The van der Waals surface area contributed by atoms with E-state index in [0.29, 0.717) is 24.0 Å². The Morgan fingerprint density at radius 2 is 1.59 bits per heavy atom. The highest BCUT2D eigenvalue weighted by Gasteiger charge is 2.33. The summed E-state index contributed by atoms with van der Waals surface area (Å²) in [6.07, 6.45) is 6.35. The minimum absolute atomic E-state index is 0.0355. The zero-order chi connectivity index (χ0) is 24.0. The van der Waals surface area contributed by atoms with Crippen LogP contribution in [0.25, 0.3) is 0 Å². The number of carbonyl (C=O) groups is 2. The number of benzene rings is 2. The highest BCUT2D eigenvalue weighted by atomic mass is 16.5. The van der Waals surface area contributed by atoms with Crippen molar-refractivity contribution < 1.29 is 14.3 Å². The lowest BCUT2D eigenvalue weighted by atomic mass is 9.82. The number of nitrogens with two attached hydrogens (primary N) is 1. The quantitative estimate of drug-likeness (QED) is 0.453. The van der Waals surface area contributed by atoms with E-state index in [9.17, 15) is 9.59 Å². The molecule has 6 nitrogen and oxygen atoms in total. The van der Waals surface area contributed by atoms with Gasteiger partial charge in [-0.25, -0.2) is 4.79 Å². The standard InChI is InChI=1S/C28H37N3O3/c1-2-28(29,26(32)22-12-14-24(15-13-22)31-18-16-30-17-19-31)20-21-8-10-23(11-9-21)27(33)34-25-6-4-3-5-7-25/h8-15,25,30H,2-7,16-20,29H2,1H3. The molecule has 1 saturated heterocycles. The van der Waals surface area contributed by atoms with Crippen LogP contribution in [0.15, 0.2) is 48.5 Å². The number of carbonyl (C=O) groups excluding carboxylic acids is 2. The average molecular weight is 464 g/mol. The summed E-state index contributed by atoms with van der Waals surface area (Å²) in [7, 11) is 0. The molecule has 3 N–H and O–H groups in total. The van der Waals surface area contributed by atoms with Gasteiger partial charge < -0.3 is 20.7 Å². The molecule has 1 unspecified atom stereocenters. The van der Waals surface area contributed by atoms with Gasteiger partial charge in [0.25, 0.3) is 0 Å². The van der Waals surface area contributed by atoms with E-state index in [-0.39, 0.29) is 17.9 Å². The van der Waals surface area contributed by atoms with Crippen LogP contribution in [0.3, 0.4) is 0 Å². The van der Waals surface area contributed by atoms with Gasteiger partial charge in [0.2, 0.25) is 0 Å². The fourth-order valence-electron chi connectivity index (χ4n) is 4.93. The first-order valence-corrected chi connectivity index (χ1v) is 12.7. The van der Waals surface area contributed by atoms with Crippen LogP contribution in [0, 0.1) is 0 Å². The summed E-state index contributed by atoms with van der Waals surface area (Å²) in [6.45, 7) is 5.82. The van der Waals surface area contributed by atoms with Crippen molar-refractivity contribution in [1.29, 1.82) is 0 Å². The summed E-state index contributed by atoms with van der Waals surface area (Å²) < 4.78 is 5.66. The predicted octanol–water partition coefficient (Wildman–Crippen LogP) is 4.12. The summed E-state index contributed by atoms with van der Waals surface area (Å²) in [5, 5.41) is 3.35. The highest BCUT2D eigenvalue weighted by molar-refractivity contribution is 6.03. The average Bonchev–Trinajstić information content (AvgIpc) is 2.90. The van der Waals surface area contributed by atoms with Crippen molar-refractivity contribution in [2.24, 2.45) is 5.73 Å². The lowest BCUT2D eigenvalue weighted by Crippen LogP contribution is -2.49. The second kappa shape index (κ2) is 11.2. The van der Waals surface area contributed by atoms with Crippen LogP contribution in [0.4, 0.5) is 5.69 Å². The van der Waals surface area contributed by atoms with E-state index in [0.717, 1.165) is 63.1 Å². The Kier molecular flexibility index (Phi) is 8.01. The van der Waals surface area contributed by atoms with Gasteiger partial charge >= 0.3 is 5.97 Å². The Morgan fingerprint density at radius 3 is 2.21 bits per heavy atom. The van der Waals surface area contributed by atoms with E-state index in [4.69, 9.17) is 10.5 Å². The Hall–Kier alpha value is -2.70. The van der Waals surface area contributed by atoms with Crippen LogP contribution >= 0.6 is 0 Å². The first-order chi connectivity index (χ1) is 16.5. The number of nitrogens with one attached hydrogen (secondary N) is 1. The molecule has 1 saturated carbocycles. The van der Waals surface area contributed by atoms with Crippen molar-refractivity contribution in [3.05, 3.63) is 65.2 Å². The number of anilines is 1. The Labute approximate surface area is 202 Å². The molecule has 34 heavy (non-hydrogen) atoms. The largest absolute Gasteiger partial charge is 0.459 e. The molecule has 0 radical (unpaired) electrons. The number of hydrogen-bond acceptors (Lipinski definition) is 6. The Morgan fingerprint density at radius 1 is 0.971 bits per heavy atom. The number of hydrogen-bond donors (Lipinski definition) is 2. The van der Waals surface area contributed by atoms with Crippen LogP contribution in [0.2, 0.25) is 0 Å². The van der Waals surface area contributed by atoms with E-state index in [1.54, 1.807) is 12.1 Å². The van der Waals surface area contributed by atoms with Crippen molar-refractivity contribution in [2.45, 2.75) is 63.5 Å². The predicted molar refractivity (Wildman–Crippen MR) is 135 cm³/mol. The zero-order valence-electron chi connectivity index (χ0n) is 20.2. The van der Waals surface area contributed by atoms with Crippen molar-refractivity contribution in [1.82, 2.24) is 5.32 Å². The topological polar surface area (TPSA) is 84.7 Å². The van der Waals surface area contributed by atoms with E-state index < -0.39 is 5.54 Å². The van der Waals surface area contributed by atoms with E-state index in [1.165, 1.54) is 6.42 Å². The van der Waals surface area contributed by atoms with Crippen LogP contribution in [-0.2, 0) is 11.2 Å². The lowest BCUT2D eigenvalue weighted by Gasteiger charge is -2.30. The van der Waals surface area contributed by atoms with E-state index >= 15 is 0 Å². The lowest BCUT2D eigenvalue weighted by molar-refractivity contribution is 0.0211. The maximum atomic E-state index is 13.4. The third kappa shape index (κ3) is 5.86. The molecule has 2 fully saturated rings. The van der Waals surface area contributed by atoms with Crippen molar-refractivity contribution in [3.63, 3.8) is 0 Å². The van der Waals surface area contributed by atoms with Gasteiger partial charge in [-0.15, -0.1) is 0 Å². The number of esters is 1. The first-order valence-electron chi connectivity index (χ1n) is 12.7. The minimum Gasteiger partial charge on any atom is -0.459 e. The molecule has 1 aliphatic heterocycles. The summed E-state index contributed by atoms with van der Waals surface area (Å²) >= 11 is 0. The number of nitrogens with zero attached hydrogens (tertiary/aromatic N) is 1. The number of piperazine rings is 1. The molecule has 2 aromatic rings. The van der Waals surface area contributed by atoms with Crippen molar-refractivity contribution in [2.75, 3.05) is 31.1 Å². The van der Waals surface area contributed by atoms with Gasteiger partial charge in [0.15, 0.2) is 5.78 Å². The molecule has 0 aromatic heterocycles. The summed E-state index contributed by atoms with van der Waals surface area (Å²) in [4.78, 5) is 28.2. The molecular formula is C28H37N3O3. The zero-order valence-corrected chi connectivity index (χ0v) is 20.2. The molecule has 0 spiro atoms. The number of ether oxygens (including phenoxy) is 1. The van der Waals surface area contributed by atoms with Crippen molar-refractivity contribution in [3.8, 4) is 0 Å². The van der Waals surface area contributed by atoms with Gasteiger partial charge in [-0.2, -0.15) is 0 Å². The maximum Gasteiger partial charge on any atom is 0.338 e. The molecule has 2 aliphatic rings. The Balaban J connectivity index is 1.39. The molecule has 2 aromatic carbocycles. The third-order valence-electron chi connectivity index (χ3n) is 7.23. The SMILES string of the molecule is CCC(N)(Cc1ccc(C(=O)OC2CCCCC2)cc1)C(=O)c1ccc(N2CCNCC2)cc1.